The van der Waals surface area contributed by atoms with Gasteiger partial charge in [-0.2, -0.15) is 0 Å². The topological polar surface area (TPSA) is 92.8 Å². The monoisotopic (exact) mass is 450 g/mol. The molecule has 0 aliphatic carbocycles. The van der Waals surface area contributed by atoms with Crippen LogP contribution in [0.1, 0.15) is 71.6 Å². The Balaban J connectivity index is 1.72. The molecule has 0 fully saturated rings. The Morgan fingerprint density at radius 1 is 0.879 bits per heavy atom. The molecule has 174 valence electrons. The normalized spacial score (nSPS) is 13.9. The van der Waals surface area contributed by atoms with Gasteiger partial charge >= 0.3 is 5.97 Å². The molecule has 0 saturated carbocycles. The van der Waals surface area contributed by atoms with E-state index >= 15 is 0 Å². The van der Waals surface area contributed by atoms with Gasteiger partial charge in [0.25, 0.3) is 11.8 Å². The van der Waals surface area contributed by atoms with Gasteiger partial charge in [-0.05, 0) is 61.1 Å². The number of nitrogens with one attached hydrogen (secondary N) is 1. The predicted molar refractivity (Wildman–Crippen MR) is 125 cm³/mol. The summed E-state index contributed by atoms with van der Waals surface area (Å²) in [5.74, 6) is -1.28. The highest BCUT2D eigenvalue weighted by atomic mass is 16.5. The molecule has 1 N–H and O–H groups in total. The van der Waals surface area contributed by atoms with Crippen molar-refractivity contribution < 1.29 is 23.9 Å². The second-order valence-corrected chi connectivity index (χ2v) is 9.06. The molecular weight excluding hydrogens is 420 g/mol. The minimum atomic E-state index is -0.946. The Morgan fingerprint density at radius 3 is 1.97 bits per heavy atom. The molecule has 1 atom stereocenters. The summed E-state index contributed by atoms with van der Waals surface area (Å²) in [7, 11) is 0. The zero-order valence-corrected chi connectivity index (χ0v) is 19.5. The summed E-state index contributed by atoms with van der Waals surface area (Å²) in [6, 6.07) is 12.0. The number of amides is 3. The van der Waals surface area contributed by atoms with Crippen LogP contribution in [-0.2, 0) is 9.53 Å². The fraction of sp³-hybridized carbons (Fsp3) is 0.385. The van der Waals surface area contributed by atoms with Crippen LogP contribution >= 0.6 is 0 Å². The van der Waals surface area contributed by atoms with Crippen molar-refractivity contribution >= 4 is 29.4 Å². The van der Waals surface area contributed by atoms with Crippen LogP contribution in [0.15, 0.2) is 48.5 Å². The molecule has 0 bridgehead atoms. The van der Waals surface area contributed by atoms with E-state index < -0.39 is 29.7 Å². The zero-order chi connectivity index (χ0) is 24.1. The summed E-state index contributed by atoms with van der Waals surface area (Å²) < 4.78 is 5.26. The lowest BCUT2D eigenvalue weighted by molar-refractivity contribution is -0.120. The van der Waals surface area contributed by atoms with Crippen molar-refractivity contribution in [3.63, 3.8) is 0 Å². The quantitative estimate of drug-likeness (QED) is 0.447. The highest BCUT2D eigenvalue weighted by Gasteiger charge is 2.42. The second kappa shape index (κ2) is 10.4. The van der Waals surface area contributed by atoms with Gasteiger partial charge in [-0.1, -0.05) is 39.8 Å². The molecule has 0 aromatic heterocycles. The Labute approximate surface area is 194 Å². The Bertz CT molecular complexity index is 1010. The molecule has 2 aromatic rings. The van der Waals surface area contributed by atoms with Crippen molar-refractivity contribution in [2.24, 2.45) is 11.8 Å². The first-order valence-corrected chi connectivity index (χ1v) is 11.2. The fourth-order valence-electron chi connectivity index (χ4n) is 3.65. The summed E-state index contributed by atoms with van der Waals surface area (Å²) in [5, 5.41) is 2.78. The Morgan fingerprint density at radius 2 is 1.45 bits per heavy atom. The maximum Gasteiger partial charge on any atom is 0.338 e. The van der Waals surface area contributed by atoms with E-state index in [-0.39, 0.29) is 5.92 Å². The van der Waals surface area contributed by atoms with Gasteiger partial charge in [0, 0.05) is 5.69 Å². The first-order valence-electron chi connectivity index (χ1n) is 11.2. The molecule has 0 unspecified atom stereocenters. The molecule has 7 heteroatoms. The van der Waals surface area contributed by atoms with Crippen LogP contribution < -0.4 is 5.32 Å². The Kier molecular flexibility index (Phi) is 7.63. The molecule has 0 spiro atoms. The van der Waals surface area contributed by atoms with Gasteiger partial charge in [-0.15, -0.1) is 0 Å². The van der Waals surface area contributed by atoms with Crippen molar-refractivity contribution in [1.82, 2.24) is 4.90 Å². The van der Waals surface area contributed by atoms with Crippen molar-refractivity contribution in [2.75, 3.05) is 11.9 Å². The number of hydrogen-bond donors (Lipinski definition) is 1. The van der Waals surface area contributed by atoms with Crippen molar-refractivity contribution in [2.45, 2.75) is 46.6 Å². The smallest absolute Gasteiger partial charge is 0.338 e. The molecule has 0 radical (unpaired) electrons. The molecule has 3 amide bonds. The molecule has 3 rings (SSSR count). The van der Waals surface area contributed by atoms with Crippen LogP contribution in [0.5, 0.6) is 0 Å². The standard InChI is InChI=1S/C26H30N2O5/c1-16(2)13-14-33-26(32)18-9-11-19(12-10-18)27-23(29)22(15-17(3)4)28-24(30)20-7-5-6-8-21(20)25(28)31/h5-12,16-17,22H,13-15H2,1-4H3,(H,27,29)/t22-/m1/s1. The van der Waals surface area contributed by atoms with Gasteiger partial charge in [0.2, 0.25) is 5.91 Å². The lowest BCUT2D eigenvalue weighted by Gasteiger charge is -2.26. The van der Waals surface area contributed by atoms with Gasteiger partial charge < -0.3 is 10.1 Å². The predicted octanol–water partition coefficient (Wildman–Crippen LogP) is 4.54. The fourth-order valence-corrected chi connectivity index (χ4v) is 3.65. The van der Waals surface area contributed by atoms with Crippen molar-refractivity contribution in [1.29, 1.82) is 0 Å². The van der Waals surface area contributed by atoms with E-state index in [1.165, 1.54) is 0 Å². The largest absolute Gasteiger partial charge is 0.462 e. The second-order valence-electron chi connectivity index (χ2n) is 9.06. The summed E-state index contributed by atoms with van der Waals surface area (Å²) >= 11 is 0. The van der Waals surface area contributed by atoms with Crippen LogP contribution in [0.2, 0.25) is 0 Å². The number of nitrogens with zero attached hydrogens (tertiary/aromatic N) is 1. The number of benzene rings is 2. The number of anilines is 1. The lowest BCUT2D eigenvalue weighted by Crippen LogP contribution is -2.47. The van der Waals surface area contributed by atoms with Crippen LogP contribution in [0.4, 0.5) is 5.69 Å². The van der Waals surface area contributed by atoms with E-state index in [1.807, 2.05) is 13.8 Å². The number of fused-ring (bicyclic) bond motifs is 1. The molecule has 7 nitrogen and oxygen atoms in total. The number of carbonyl (C=O) groups is 4. The van der Waals surface area contributed by atoms with E-state index in [0.717, 1.165) is 11.3 Å². The Hall–Kier alpha value is -3.48. The third-order valence-electron chi connectivity index (χ3n) is 5.45. The van der Waals surface area contributed by atoms with Crippen molar-refractivity contribution in [3.05, 3.63) is 65.2 Å². The highest BCUT2D eigenvalue weighted by Crippen LogP contribution is 2.27. The van der Waals surface area contributed by atoms with Crippen LogP contribution in [-0.4, -0.2) is 41.2 Å². The highest BCUT2D eigenvalue weighted by molar-refractivity contribution is 6.23. The molecule has 1 heterocycles. The van der Waals surface area contributed by atoms with Gasteiger partial charge in [0.05, 0.1) is 23.3 Å². The summed E-state index contributed by atoms with van der Waals surface area (Å²) in [6.07, 6.45) is 1.12. The third kappa shape index (κ3) is 5.66. The van der Waals surface area contributed by atoms with Crippen LogP contribution in [0.3, 0.4) is 0 Å². The summed E-state index contributed by atoms with van der Waals surface area (Å²) in [5.41, 5.74) is 1.47. The number of imide groups is 1. The molecule has 1 aliphatic heterocycles. The van der Waals surface area contributed by atoms with E-state index in [1.54, 1.807) is 48.5 Å². The van der Waals surface area contributed by atoms with Gasteiger partial charge in [0.1, 0.15) is 6.04 Å². The first-order chi connectivity index (χ1) is 15.7. The van der Waals surface area contributed by atoms with Crippen LogP contribution in [0, 0.1) is 11.8 Å². The first kappa shape index (κ1) is 24.2. The number of hydrogen-bond acceptors (Lipinski definition) is 5. The van der Waals surface area contributed by atoms with E-state index in [9.17, 15) is 19.2 Å². The van der Waals surface area contributed by atoms with Gasteiger partial charge in [0.15, 0.2) is 0 Å². The van der Waals surface area contributed by atoms with Crippen LogP contribution in [0.25, 0.3) is 0 Å². The van der Waals surface area contributed by atoms with Crippen molar-refractivity contribution in [3.8, 4) is 0 Å². The van der Waals surface area contributed by atoms with E-state index in [2.05, 4.69) is 19.2 Å². The molecule has 0 saturated heterocycles. The van der Waals surface area contributed by atoms with E-state index in [4.69, 9.17) is 4.74 Å². The summed E-state index contributed by atoms with van der Waals surface area (Å²) in [4.78, 5) is 52.2. The molecular formula is C26H30N2O5. The van der Waals surface area contributed by atoms with Gasteiger partial charge in [-0.3, -0.25) is 19.3 Å². The minimum Gasteiger partial charge on any atom is -0.462 e. The maximum absolute atomic E-state index is 13.2. The molecule has 2 aromatic carbocycles. The average molecular weight is 451 g/mol. The van der Waals surface area contributed by atoms with Gasteiger partial charge in [-0.25, -0.2) is 4.79 Å². The molecule has 33 heavy (non-hydrogen) atoms. The molecule has 1 aliphatic rings. The zero-order valence-electron chi connectivity index (χ0n) is 19.5. The number of rotatable bonds is 9. The average Bonchev–Trinajstić information content (AvgIpc) is 3.02. The maximum atomic E-state index is 13.2. The third-order valence-corrected chi connectivity index (χ3v) is 5.45. The number of carbonyl (C=O) groups excluding carboxylic acids is 4. The SMILES string of the molecule is CC(C)CCOC(=O)c1ccc(NC(=O)[C@@H](CC(C)C)N2C(=O)c3ccccc3C2=O)cc1. The lowest BCUT2D eigenvalue weighted by atomic mass is 10.0. The number of ether oxygens (including phenoxy) is 1. The van der Waals surface area contributed by atoms with E-state index in [0.29, 0.717) is 41.3 Å². The summed E-state index contributed by atoms with van der Waals surface area (Å²) in [6.45, 7) is 8.32. The number of esters is 1. The minimum absolute atomic E-state index is 0.0769.